The van der Waals surface area contributed by atoms with E-state index in [-0.39, 0.29) is 17.2 Å². The molecule has 0 radical (unpaired) electrons. The Morgan fingerprint density at radius 3 is 2.57 bits per heavy atom. The van der Waals surface area contributed by atoms with Crippen LogP contribution in [0.4, 0.5) is 13.2 Å². The van der Waals surface area contributed by atoms with Crippen LogP contribution in [-0.2, 0) is 11.0 Å². The Morgan fingerprint density at radius 2 is 2.00 bits per heavy atom. The van der Waals surface area contributed by atoms with Gasteiger partial charge in [0, 0.05) is 36.0 Å². The number of hydrogen-bond donors (Lipinski definition) is 3. The normalized spacial score (nSPS) is 33.8. The van der Waals surface area contributed by atoms with Crippen LogP contribution in [0.25, 0.3) is 0 Å². The summed E-state index contributed by atoms with van der Waals surface area (Å²) < 4.78 is 38.8. The van der Waals surface area contributed by atoms with Crippen molar-refractivity contribution in [1.82, 2.24) is 36.0 Å². The number of carbonyl (C=O) groups is 1. The lowest BCUT2D eigenvalue weighted by molar-refractivity contribution is -0.141. The molecule has 12 heteroatoms. The van der Waals surface area contributed by atoms with Crippen LogP contribution in [0.3, 0.4) is 0 Å². The standard InChI is InChI=1S/C23H25F3N8O/c1-12(13-4-5-16(30-11-13)23(24,25)26)34-19-17(15(10-27)33-34)20(35)32-21(31-19)22(2)7-6-14(22)18-28-8-3-9-29-18/h3-5,8-9,11-12,14-15,17,19,21,31,33H,6-7H2,1-2H3,(H,32,35)/t12-,14?,15?,17?,19?,21?,22?/m1/s1. The second kappa shape index (κ2) is 8.51. The van der Waals surface area contributed by atoms with E-state index >= 15 is 0 Å². The molecule has 5 rings (SSSR count). The lowest BCUT2D eigenvalue weighted by atomic mass is 9.58. The Labute approximate surface area is 200 Å². The molecule has 184 valence electrons. The molecule has 2 aromatic heterocycles. The van der Waals surface area contributed by atoms with Crippen LogP contribution in [0.2, 0.25) is 0 Å². The van der Waals surface area contributed by atoms with Crippen molar-refractivity contribution >= 4 is 5.91 Å². The highest BCUT2D eigenvalue weighted by atomic mass is 19.4. The maximum atomic E-state index is 13.2. The van der Waals surface area contributed by atoms with Crippen LogP contribution in [-0.4, -0.2) is 44.2 Å². The number of amides is 1. The summed E-state index contributed by atoms with van der Waals surface area (Å²) in [6.45, 7) is 3.87. The van der Waals surface area contributed by atoms with Gasteiger partial charge in [-0.05, 0) is 37.5 Å². The van der Waals surface area contributed by atoms with Crippen molar-refractivity contribution in [1.29, 1.82) is 5.26 Å². The smallest absolute Gasteiger partial charge is 0.340 e. The van der Waals surface area contributed by atoms with Gasteiger partial charge in [0.25, 0.3) is 0 Å². The molecular weight excluding hydrogens is 461 g/mol. The largest absolute Gasteiger partial charge is 0.433 e. The molecular formula is C23H25F3N8O. The summed E-state index contributed by atoms with van der Waals surface area (Å²) in [5, 5.41) is 18.0. The lowest BCUT2D eigenvalue weighted by Gasteiger charge is -2.54. The van der Waals surface area contributed by atoms with Gasteiger partial charge in [0.1, 0.15) is 17.6 Å². The minimum Gasteiger partial charge on any atom is -0.340 e. The Morgan fingerprint density at radius 1 is 1.26 bits per heavy atom. The number of halogens is 3. The van der Waals surface area contributed by atoms with E-state index < -0.39 is 42.2 Å². The summed E-state index contributed by atoms with van der Waals surface area (Å²) in [4.78, 5) is 25.6. The molecule has 2 aromatic rings. The maximum absolute atomic E-state index is 13.2. The number of hydrogen-bond acceptors (Lipinski definition) is 8. The van der Waals surface area contributed by atoms with E-state index in [9.17, 15) is 23.2 Å². The third-order valence-corrected chi connectivity index (χ3v) is 7.65. The number of aromatic nitrogens is 3. The van der Waals surface area contributed by atoms with E-state index in [0.29, 0.717) is 5.56 Å². The Balaban J connectivity index is 1.41. The number of hydrazine groups is 1. The first-order chi connectivity index (χ1) is 16.6. The first kappa shape index (κ1) is 23.6. The summed E-state index contributed by atoms with van der Waals surface area (Å²) in [6, 6.07) is 4.95. The van der Waals surface area contributed by atoms with E-state index in [1.807, 2.05) is 0 Å². The molecule has 2 saturated heterocycles. The van der Waals surface area contributed by atoms with Gasteiger partial charge in [-0.1, -0.05) is 13.0 Å². The van der Waals surface area contributed by atoms with Crippen LogP contribution < -0.4 is 16.1 Å². The first-order valence-corrected chi connectivity index (χ1v) is 11.4. The van der Waals surface area contributed by atoms with E-state index in [2.05, 4.69) is 44.0 Å². The molecule has 3 fully saturated rings. The minimum absolute atomic E-state index is 0.0455. The summed E-state index contributed by atoms with van der Waals surface area (Å²) in [5.74, 6) is -0.181. The van der Waals surface area contributed by atoms with E-state index in [1.54, 1.807) is 30.4 Å². The number of rotatable bonds is 4. The van der Waals surface area contributed by atoms with Gasteiger partial charge in [-0.3, -0.25) is 15.1 Å². The first-order valence-electron chi connectivity index (χ1n) is 11.4. The van der Waals surface area contributed by atoms with Crippen molar-refractivity contribution < 1.29 is 18.0 Å². The molecule has 0 aromatic carbocycles. The zero-order chi connectivity index (χ0) is 25.0. The van der Waals surface area contributed by atoms with Gasteiger partial charge in [0.2, 0.25) is 5.91 Å². The Bertz CT molecular complexity index is 1140. The van der Waals surface area contributed by atoms with Crippen molar-refractivity contribution in [2.45, 2.75) is 63.2 Å². The van der Waals surface area contributed by atoms with Crippen LogP contribution in [0.15, 0.2) is 36.8 Å². The molecule has 0 spiro atoms. The predicted octanol–water partition coefficient (Wildman–Crippen LogP) is 2.24. The van der Waals surface area contributed by atoms with Crippen molar-refractivity contribution in [2.75, 3.05) is 0 Å². The Kier molecular flexibility index (Phi) is 5.74. The van der Waals surface area contributed by atoms with Crippen molar-refractivity contribution in [3.05, 3.63) is 53.9 Å². The van der Waals surface area contributed by atoms with Crippen LogP contribution in [0, 0.1) is 22.7 Å². The van der Waals surface area contributed by atoms with E-state index in [1.165, 1.54) is 12.3 Å². The van der Waals surface area contributed by atoms with E-state index in [0.717, 1.165) is 24.7 Å². The number of carbonyl (C=O) groups excluding carboxylic acids is 1. The molecule has 9 nitrogen and oxygen atoms in total. The topological polar surface area (TPSA) is 119 Å². The molecule has 6 unspecified atom stereocenters. The fourth-order valence-corrected chi connectivity index (χ4v) is 5.41. The van der Waals surface area contributed by atoms with Gasteiger partial charge in [-0.25, -0.2) is 20.4 Å². The molecule has 1 aliphatic carbocycles. The molecule has 0 bridgehead atoms. The maximum Gasteiger partial charge on any atom is 0.433 e. The fraction of sp³-hybridized carbons (Fsp3) is 0.522. The van der Waals surface area contributed by atoms with Crippen LogP contribution in [0.5, 0.6) is 0 Å². The predicted molar refractivity (Wildman–Crippen MR) is 116 cm³/mol. The molecule has 2 aliphatic heterocycles. The molecule has 1 saturated carbocycles. The molecule has 7 atom stereocenters. The van der Waals surface area contributed by atoms with E-state index in [4.69, 9.17) is 0 Å². The minimum atomic E-state index is -4.53. The number of nitrogens with one attached hydrogen (secondary N) is 3. The summed E-state index contributed by atoms with van der Waals surface area (Å²) in [7, 11) is 0. The van der Waals surface area contributed by atoms with Crippen molar-refractivity contribution in [2.24, 2.45) is 11.3 Å². The highest BCUT2D eigenvalue weighted by molar-refractivity contribution is 5.82. The summed E-state index contributed by atoms with van der Waals surface area (Å²) >= 11 is 0. The average molecular weight is 487 g/mol. The SMILES string of the molecule is C[C@H](c1ccc(C(F)(F)F)nc1)N1NC(C#N)C2C(=O)NC(C3(C)CCC3c3ncccn3)NC21. The molecule has 3 N–H and O–H groups in total. The summed E-state index contributed by atoms with van der Waals surface area (Å²) in [5.41, 5.74) is 2.28. The monoisotopic (exact) mass is 486 g/mol. The zero-order valence-corrected chi connectivity index (χ0v) is 19.1. The second-order valence-electron chi connectivity index (χ2n) is 9.58. The quantitative estimate of drug-likeness (QED) is 0.602. The third kappa shape index (κ3) is 3.93. The highest BCUT2D eigenvalue weighted by Gasteiger charge is 2.58. The van der Waals surface area contributed by atoms with Gasteiger partial charge in [0.15, 0.2) is 0 Å². The number of fused-ring (bicyclic) bond motifs is 1. The molecule has 4 heterocycles. The number of alkyl halides is 3. The van der Waals surface area contributed by atoms with Crippen molar-refractivity contribution in [3.8, 4) is 6.07 Å². The highest BCUT2D eigenvalue weighted by Crippen LogP contribution is 2.54. The third-order valence-electron chi connectivity index (χ3n) is 7.65. The van der Waals surface area contributed by atoms with Gasteiger partial charge < -0.3 is 5.32 Å². The van der Waals surface area contributed by atoms with Crippen molar-refractivity contribution in [3.63, 3.8) is 0 Å². The molecule has 3 aliphatic rings. The number of pyridine rings is 1. The number of nitrogens with zero attached hydrogens (tertiary/aromatic N) is 5. The second-order valence-corrected chi connectivity index (χ2v) is 9.58. The van der Waals surface area contributed by atoms with Gasteiger partial charge in [-0.15, -0.1) is 0 Å². The average Bonchev–Trinajstić information content (AvgIpc) is 3.22. The molecule has 35 heavy (non-hydrogen) atoms. The summed E-state index contributed by atoms with van der Waals surface area (Å²) in [6.07, 6.45) is 0.827. The lowest BCUT2D eigenvalue weighted by Crippen LogP contribution is -2.71. The number of nitriles is 1. The van der Waals surface area contributed by atoms with Gasteiger partial charge >= 0.3 is 6.18 Å². The van der Waals surface area contributed by atoms with Gasteiger partial charge in [-0.2, -0.15) is 18.4 Å². The zero-order valence-electron chi connectivity index (χ0n) is 19.1. The molecule has 1 amide bonds. The fourth-order valence-electron chi connectivity index (χ4n) is 5.41. The van der Waals surface area contributed by atoms with Crippen LogP contribution >= 0.6 is 0 Å². The van der Waals surface area contributed by atoms with Crippen LogP contribution in [0.1, 0.15) is 55.7 Å². The Hall–Kier alpha value is -3.14. The van der Waals surface area contributed by atoms with Gasteiger partial charge in [0.05, 0.1) is 24.3 Å².